The maximum absolute atomic E-state index is 13.2. The first-order valence-corrected chi connectivity index (χ1v) is 5.26. The standard InChI is InChI=1S/C12H16FNO/c1-15-11-7-9(3-4-10(11)13)12(8-14)5-2-6-12/h3-4,7H,2,5-6,8,14H2,1H3. The molecule has 0 atom stereocenters. The molecule has 0 bridgehead atoms. The Morgan fingerprint density at radius 1 is 1.47 bits per heavy atom. The van der Waals surface area contributed by atoms with Gasteiger partial charge in [-0.3, -0.25) is 0 Å². The Morgan fingerprint density at radius 3 is 2.67 bits per heavy atom. The fourth-order valence-electron chi connectivity index (χ4n) is 2.20. The Labute approximate surface area is 89.2 Å². The van der Waals surface area contributed by atoms with Gasteiger partial charge in [-0.15, -0.1) is 0 Å². The van der Waals surface area contributed by atoms with Gasteiger partial charge in [0.15, 0.2) is 11.6 Å². The molecular formula is C12H16FNO. The van der Waals surface area contributed by atoms with Crippen molar-refractivity contribution in [3.05, 3.63) is 29.6 Å². The summed E-state index contributed by atoms with van der Waals surface area (Å²) in [6.45, 7) is 0.627. The molecule has 2 rings (SSSR count). The summed E-state index contributed by atoms with van der Waals surface area (Å²) in [6.07, 6.45) is 3.40. The second kappa shape index (κ2) is 3.81. The molecule has 1 aromatic rings. The van der Waals surface area contributed by atoms with Crippen molar-refractivity contribution < 1.29 is 9.13 Å². The number of hydrogen-bond donors (Lipinski definition) is 1. The molecule has 0 spiro atoms. The fraction of sp³-hybridized carbons (Fsp3) is 0.500. The molecule has 2 nitrogen and oxygen atoms in total. The van der Waals surface area contributed by atoms with Gasteiger partial charge in [-0.2, -0.15) is 0 Å². The van der Waals surface area contributed by atoms with E-state index in [1.807, 2.05) is 6.07 Å². The van der Waals surface area contributed by atoms with Crippen LogP contribution in [0.15, 0.2) is 18.2 Å². The van der Waals surface area contributed by atoms with Crippen molar-refractivity contribution in [2.45, 2.75) is 24.7 Å². The lowest BCUT2D eigenvalue weighted by Crippen LogP contribution is -2.41. The number of benzene rings is 1. The second-order valence-electron chi connectivity index (χ2n) is 4.19. The minimum atomic E-state index is -0.312. The number of nitrogens with two attached hydrogens (primary N) is 1. The molecule has 0 saturated heterocycles. The quantitative estimate of drug-likeness (QED) is 0.828. The summed E-state index contributed by atoms with van der Waals surface area (Å²) in [4.78, 5) is 0. The number of hydrogen-bond acceptors (Lipinski definition) is 2. The van der Waals surface area contributed by atoms with Crippen LogP contribution in [0.3, 0.4) is 0 Å². The third-order valence-electron chi connectivity index (χ3n) is 3.46. The largest absolute Gasteiger partial charge is 0.494 e. The van der Waals surface area contributed by atoms with Gasteiger partial charge in [-0.05, 0) is 30.5 Å². The molecule has 0 aromatic heterocycles. The van der Waals surface area contributed by atoms with E-state index in [-0.39, 0.29) is 11.2 Å². The van der Waals surface area contributed by atoms with E-state index in [0.717, 1.165) is 18.4 Å². The predicted molar refractivity (Wildman–Crippen MR) is 57.5 cm³/mol. The highest BCUT2D eigenvalue weighted by Gasteiger charge is 2.37. The van der Waals surface area contributed by atoms with Crippen LogP contribution in [-0.2, 0) is 5.41 Å². The van der Waals surface area contributed by atoms with Gasteiger partial charge in [0.1, 0.15) is 0 Å². The van der Waals surface area contributed by atoms with Crippen LogP contribution in [-0.4, -0.2) is 13.7 Å². The van der Waals surface area contributed by atoms with Crippen molar-refractivity contribution in [2.24, 2.45) is 5.73 Å². The minimum Gasteiger partial charge on any atom is -0.494 e. The van der Waals surface area contributed by atoms with Crippen molar-refractivity contribution >= 4 is 0 Å². The topological polar surface area (TPSA) is 35.2 Å². The van der Waals surface area contributed by atoms with Crippen LogP contribution in [0.1, 0.15) is 24.8 Å². The van der Waals surface area contributed by atoms with Gasteiger partial charge in [-0.25, -0.2) is 4.39 Å². The van der Waals surface area contributed by atoms with Crippen LogP contribution < -0.4 is 10.5 Å². The van der Waals surface area contributed by atoms with E-state index in [1.54, 1.807) is 6.07 Å². The number of halogens is 1. The van der Waals surface area contributed by atoms with E-state index in [4.69, 9.17) is 10.5 Å². The zero-order valence-corrected chi connectivity index (χ0v) is 8.92. The molecule has 0 amide bonds. The fourth-order valence-corrected chi connectivity index (χ4v) is 2.20. The van der Waals surface area contributed by atoms with Gasteiger partial charge in [-0.1, -0.05) is 12.5 Å². The molecule has 1 saturated carbocycles. The zero-order chi connectivity index (χ0) is 10.9. The second-order valence-corrected chi connectivity index (χ2v) is 4.19. The smallest absolute Gasteiger partial charge is 0.165 e. The molecule has 0 unspecified atom stereocenters. The molecule has 1 aliphatic rings. The number of methoxy groups -OCH3 is 1. The lowest BCUT2D eigenvalue weighted by molar-refractivity contribution is 0.251. The average molecular weight is 209 g/mol. The van der Waals surface area contributed by atoms with Crippen LogP contribution in [0.2, 0.25) is 0 Å². The van der Waals surface area contributed by atoms with Crippen molar-refractivity contribution in [3.63, 3.8) is 0 Å². The van der Waals surface area contributed by atoms with E-state index in [0.29, 0.717) is 12.3 Å². The van der Waals surface area contributed by atoms with Crippen LogP contribution in [0, 0.1) is 5.82 Å². The number of ether oxygens (including phenoxy) is 1. The van der Waals surface area contributed by atoms with Crippen molar-refractivity contribution in [1.82, 2.24) is 0 Å². The lowest BCUT2D eigenvalue weighted by atomic mass is 9.64. The maximum atomic E-state index is 13.2. The normalized spacial score (nSPS) is 18.3. The SMILES string of the molecule is COc1cc(C2(CN)CCC2)ccc1F. The van der Waals surface area contributed by atoms with E-state index < -0.39 is 0 Å². The lowest BCUT2D eigenvalue weighted by Gasteiger charge is -2.41. The molecule has 0 aliphatic heterocycles. The third kappa shape index (κ3) is 1.61. The maximum Gasteiger partial charge on any atom is 0.165 e. The van der Waals surface area contributed by atoms with Gasteiger partial charge in [0.25, 0.3) is 0 Å². The Bertz CT molecular complexity index is 355. The summed E-state index contributed by atoms with van der Waals surface area (Å²) in [7, 11) is 1.48. The Hall–Kier alpha value is -1.09. The first kappa shape index (κ1) is 10.4. The Morgan fingerprint density at radius 2 is 2.20 bits per heavy atom. The summed E-state index contributed by atoms with van der Waals surface area (Å²) >= 11 is 0. The average Bonchev–Trinajstić information content (AvgIpc) is 2.19. The Kier molecular flexibility index (Phi) is 2.65. The van der Waals surface area contributed by atoms with E-state index in [9.17, 15) is 4.39 Å². The highest BCUT2D eigenvalue weighted by Crippen LogP contribution is 2.43. The molecule has 1 aromatic carbocycles. The van der Waals surface area contributed by atoms with Crippen molar-refractivity contribution in [3.8, 4) is 5.75 Å². The molecule has 0 radical (unpaired) electrons. The third-order valence-corrected chi connectivity index (χ3v) is 3.46. The molecule has 1 fully saturated rings. The van der Waals surface area contributed by atoms with E-state index in [1.165, 1.54) is 19.6 Å². The van der Waals surface area contributed by atoms with Gasteiger partial charge in [0.05, 0.1) is 7.11 Å². The summed E-state index contributed by atoms with van der Waals surface area (Å²) in [5.41, 5.74) is 6.97. The molecule has 1 aliphatic carbocycles. The van der Waals surface area contributed by atoms with Crippen LogP contribution in [0.5, 0.6) is 5.75 Å². The summed E-state index contributed by atoms with van der Waals surface area (Å²) < 4.78 is 18.2. The van der Waals surface area contributed by atoms with Gasteiger partial charge in [0.2, 0.25) is 0 Å². The molecular weight excluding hydrogens is 193 g/mol. The molecule has 82 valence electrons. The van der Waals surface area contributed by atoms with Crippen LogP contribution in [0.4, 0.5) is 4.39 Å². The van der Waals surface area contributed by atoms with Gasteiger partial charge in [0, 0.05) is 12.0 Å². The number of rotatable bonds is 3. The summed E-state index contributed by atoms with van der Waals surface area (Å²) in [5.74, 6) is -0.0000279. The van der Waals surface area contributed by atoms with Crippen LogP contribution in [0.25, 0.3) is 0 Å². The Balaban J connectivity index is 2.36. The summed E-state index contributed by atoms with van der Waals surface area (Å²) in [5, 5.41) is 0. The highest BCUT2D eigenvalue weighted by atomic mass is 19.1. The molecule has 0 heterocycles. The van der Waals surface area contributed by atoms with Crippen molar-refractivity contribution in [1.29, 1.82) is 0 Å². The van der Waals surface area contributed by atoms with Gasteiger partial charge < -0.3 is 10.5 Å². The molecule has 2 N–H and O–H groups in total. The minimum absolute atomic E-state index is 0.0704. The highest BCUT2D eigenvalue weighted by molar-refractivity contribution is 5.36. The van der Waals surface area contributed by atoms with Crippen LogP contribution >= 0.6 is 0 Å². The molecule has 3 heteroatoms. The molecule has 15 heavy (non-hydrogen) atoms. The van der Waals surface area contributed by atoms with E-state index >= 15 is 0 Å². The van der Waals surface area contributed by atoms with E-state index in [2.05, 4.69) is 0 Å². The van der Waals surface area contributed by atoms with Gasteiger partial charge >= 0.3 is 0 Å². The first-order valence-electron chi connectivity index (χ1n) is 5.26. The van der Waals surface area contributed by atoms with Crippen molar-refractivity contribution in [2.75, 3.05) is 13.7 Å². The first-order chi connectivity index (χ1) is 7.22. The summed E-state index contributed by atoms with van der Waals surface area (Å²) in [6, 6.07) is 5.06. The predicted octanol–water partition coefficient (Wildman–Crippen LogP) is 2.21. The zero-order valence-electron chi connectivity index (χ0n) is 8.92. The monoisotopic (exact) mass is 209 g/mol.